The number of benzene rings is 1. The molecule has 10 nitrogen and oxygen atoms in total. The normalized spacial score (nSPS) is 12.4. The molecule has 2 heterocycles. The first kappa shape index (κ1) is 24.5. The van der Waals surface area contributed by atoms with Crippen molar-refractivity contribution in [3.05, 3.63) is 51.6 Å². The van der Waals surface area contributed by atoms with Crippen LogP contribution in [-0.2, 0) is 22.6 Å². The van der Waals surface area contributed by atoms with E-state index >= 15 is 0 Å². The molecule has 178 valence electrons. The SMILES string of the molecule is CCC[C@@H](c1nnnn1CC(=O)OCC)N(CCCO)Cc1cc2cc(C)ccc2[nH]c1=O. The summed E-state index contributed by atoms with van der Waals surface area (Å²) in [5, 5.41) is 22.4. The fourth-order valence-corrected chi connectivity index (χ4v) is 3.97. The maximum absolute atomic E-state index is 12.8. The molecule has 0 aliphatic carbocycles. The Kier molecular flexibility index (Phi) is 8.67. The summed E-state index contributed by atoms with van der Waals surface area (Å²) in [6.45, 7) is 6.94. The summed E-state index contributed by atoms with van der Waals surface area (Å²) in [5.74, 6) is 0.125. The van der Waals surface area contributed by atoms with E-state index in [4.69, 9.17) is 4.74 Å². The van der Waals surface area contributed by atoms with E-state index in [2.05, 4.69) is 32.3 Å². The maximum Gasteiger partial charge on any atom is 0.327 e. The van der Waals surface area contributed by atoms with E-state index in [-0.39, 0.29) is 31.4 Å². The van der Waals surface area contributed by atoms with Crippen molar-refractivity contribution in [3.8, 4) is 0 Å². The number of aryl methyl sites for hydroxylation is 1. The molecule has 1 atom stereocenters. The van der Waals surface area contributed by atoms with E-state index in [9.17, 15) is 14.7 Å². The van der Waals surface area contributed by atoms with Gasteiger partial charge < -0.3 is 14.8 Å². The third-order valence-electron chi connectivity index (χ3n) is 5.50. The van der Waals surface area contributed by atoms with E-state index < -0.39 is 5.97 Å². The van der Waals surface area contributed by atoms with Crippen LogP contribution in [0.5, 0.6) is 0 Å². The van der Waals surface area contributed by atoms with Gasteiger partial charge in [0.2, 0.25) is 0 Å². The summed E-state index contributed by atoms with van der Waals surface area (Å²) in [6, 6.07) is 7.58. The van der Waals surface area contributed by atoms with Gasteiger partial charge in [0.15, 0.2) is 5.82 Å². The van der Waals surface area contributed by atoms with Gasteiger partial charge >= 0.3 is 5.97 Å². The molecule has 2 aromatic heterocycles. The van der Waals surface area contributed by atoms with Crippen LogP contribution >= 0.6 is 0 Å². The Morgan fingerprint density at radius 1 is 1.30 bits per heavy atom. The molecular weight excluding hydrogens is 424 g/mol. The number of ether oxygens (including phenoxy) is 1. The van der Waals surface area contributed by atoms with Crippen LogP contribution in [0.25, 0.3) is 10.9 Å². The van der Waals surface area contributed by atoms with Crippen molar-refractivity contribution in [1.82, 2.24) is 30.1 Å². The molecular formula is C23H32N6O4. The molecule has 2 N–H and O–H groups in total. The summed E-state index contributed by atoms with van der Waals surface area (Å²) in [7, 11) is 0. The monoisotopic (exact) mass is 456 g/mol. The standard InChI is InChI=1S/C23H32N6O4/c1-4-7-20(22-25-26-27-29(22)15-21(31)33-5-2)28(10-6-11-30)14-18-13-17-12-16(3)8-9-19(17)24-23(18)32/h8-9,12-13,20,30H,4-7,10-11,14-15H2,1-3H3,(H,24,32)/t20-/m0/s1. The number of aromatic amines is 1. The molecule has 33 heavy (non-hydrogen) atoms. The number of pyridine rings is 1. The summed E-state index contributed by atoms with van der Waals surface area (Å²) in [5.41, 5.74) is 2.37. The third-order valence-corrected chi connectivity index (χ3v) is 5.50. The fourth-order valence-electron chi connectivity index (χ4n) is 3.97. The maximum atomic E-state index is 12.8. The number of hydrogen-bond acceptors (Lipinski definition) is 8. The van der Waals surface area contributed by atoms with Crippen molar-refractivity contribution < 1.29 is 14.6 Å². The highest BCUT2D eigenvalue weighted by Crippen LogP contribution is 2.26. The Labute approximate surface area is 192 Å². The Morgan fingerprint density at radius 2 is 2.12 bits per heavy atom. The van der Waals surface area contributed by atoms with Crippen LogP contribution in [0.2, 0.25) is 0 Å². The largest absolute Gasteiger partial charge is 0.465 e. The minimum atomic E-state index is -0.412. The van der Waals surface area contributed by atoms with E-state index in [1.807, 2.05) is 31.2 Å². The number of aliphatic hydroxyl groups excluding tert-OH is 1. The van der Waals surface area contributed by atoms with Gasteiger partial charge in [-0.1, -0.05) is 25.0 Å². The zero-order chi connectivity index (χ0) is 23.8. The van der Waals surface area contributed by atoms with Gasteiger partial charge in [-0.2, -0.15) is 0 Å². The van der Waals surface area contributed by atoms with E-state index in [0.717, 1.165) is 29.3 Å². The van der Waals surface area contributed by atoms with Crippen LogP contribution in [0.4, 0.5) is 0 Å². The lowest BCUT2D eigenvalue weighted by atomic mass is 10.1. The highest BCUT2D eigenvalue weighted by molar-refractivity contribution is 5.79. The van der Waals surface area contributed by atoms with Gasteiger partial charge in [0.1, 0.15) is 6.54 Å². The average molecular weight is 457 g/mol. The Bertz CT molecular complexity index is 1130. The van der Waals surface area contributed by atoms with Gasteiger partial charge in [-0.05, 0) is 60.7 Å². The van der Waals surface area contributed by atoms with Gasteiger partial charge in [0, 0.05) is 30.8 Å². The van der Waals surface area contributed by atoms with Crippen molar-refractivity contribution in [1.29, 1.82) is 0 Å². The number of H-pyrrole nitrogens is 1. The van der Waals surface area contributed by atoms with Crippen molar-refractivity contribution in [2.75, 3.05) is 19.8 Å². The van der Waals surface area contributed by atoms with Gasteiger partial charge in [0.25, 0.3) is 5.56 Å². The van der Waals surface area contributed by atoms with Crippen LogP contribution in [0.1, 0.15) is 56.1 Å². The second kappa shape index (κ2) is 11.7. The number of fused-ring (bicyclic) bond motifs is 1. The number of hydrogen-bond donors (Lipinski definition) is 2. The zero-order valence-corrected chi connectivity index (χ0v) is 19.5. The fraction of sp³-hybridized carbons (Fsp3) is 0.522. The molecule has 0 bridgehead atoms. The highest BCUT2D eigenvalue weighted by Gasteiger charge is 2.27. The smallest absolute Gasteiger partial charge is 0.327 e. The van der Waals surface area contributed by atoms with Crippen LogP contribution in [0.3, 0.4) is 0 Å². The predicted octanol–water partition coefficient (Wildman–Crippen LogP) is 2.11. The lowest BCUT2D eigenvalue weighted by molar-refractivity contribution is -0.144. The van der Waals surface area contributed by atoms with E-state index in [0.29, 0.717) is 30.9 Å². The molecule has 3 aromatic rings. The molecule has 0 aliphatic heterocycles. The Balaban J connectivity index is 1.96. The van der Waals surface area contributed by atoms with Crippen LogP contribution in [0.15, 0.2) is 29.1 Å². The van der Waals surface area contributed by atoms with Gasteiger partial charge in [-0.3, -0.25) is 14.5 Å². The number of esters is 1. The third kappa shape index (κ3) is 6.23. The lowest BCUT2D eigenvalue weighted by Gasteiger charge is -2.30. The number of nitrogens with one attached hydrogen (secondary N) is 1. The summed E-state index contributed by atoms with van der Waals surface area (Å²) in [4.78, 5) is 29.9. The zero-order valence-electron chi connectivity index (χ0n) is 19.5. The highest BCUT2D eigenvalue weighted by atomic mass is 16.5. The van der Waals surface area contributed by atoms with Crippen molar-refractivity contribution in [2.45, 2.75) is 59.2 Å². The van der Waals surface area contributed by atoms with Gasteiger partial charge in [-0.15, -0.1) is 5.10 Å². The van der Waals surface area contributed by atoms with E-state index in [1.54, 1.807) is 6.92 Å². The summed E-state index contributed by atoms with van der Waals surface area (Å²) in [6.07, 6.45) is 2.10. The molecule has 0 aliphatic rings. The first-order valence-electron chi connectivity index (χ1n) is 11.4. The first-order valence-corrected chi connectivity index (χ1v) is 11.4. The number of aliphatic hydroxyl groups is 1. The minimum Gasteiger partial charge on any atom is -0.465 e. The molecule has 0 radical (unpaired) electrons. The second-order valence-corrected chi connectivity index (χ2v) is 8.07. The Hall–Kier alpha value is -3.11. The molecule has 0 spiro atoms. The number of carbonyl (C=O) groups is 1. The number of tetrazole rings is 1. The Morgan fingerprint density at radius 3 is 2.85 bits per heavy atom. The molecule has 0 fully saturated rings. The lowest BCUT2D eigenvalue weighted by Crippen LogP contribution is -2.34. The van der Waals surface area contributed by atoms with Crippen molar-refractivity contribution in [2.24, 2.45) is 0 Å². The molecule has 0 unspecified atom stereocenters. The summed E-state index contributed by atoms with van der Waals surface area (Å²) >= 11 is 0. The van der Waals surface area contributed by atoms with Crippen molar-refractivity contribution in [3.63, 3.8) is 0 Å². The summed E-state index contributed by atoms with van der Waals surface area (Å²) < 4.78 is 6.51. The molecule has 0 amide bonds. The number of nitrogens with zero attached hydrogens (tertiary/aromatic N) is 5. The van der Waals surface area contributed by atoms with Crippen LogP contribution < -0.4 is 5.56 Å². The minimum absolute atomic E-state index is 0.0242. The number of rotatable bonds is 12. The number of aromatic nitrogens is 5. The molecule has 0 saturated carbocycles. The second-order valence-electron chi connectivity index (χ2n) is 8.07. The molecule has 3 rings (SSSR count). The van der Waals surface area contributed by atoms with E-state index in [1.165, 1.54) is 4.68 Å². The van der Waals surface area contributed by atoms with Gasteiger partial charge in [0.05, 0.1) is 12.6 Å². The number of carbonyl (C=O) groups excluding carboxylic acids is 1. The van der Waals surface area contributed by atoms with Crippen LogP contribution in [0, 0.1) is 6.92 Å². The van der Waals surface area contributed by atoms with Gasteiger partial charge in [-0.25, -0.2) is 4.68 Å². The molecule has 1 aromatic carbocycles. The van der Waals surface area contributed by atoms with Crippen LogP contribution in [-0.4, -0.2) is 60.9 Å². The predicted molar refractivity (Wildman–Crippen MR) is 124 cm³/mol. The molecule has 0 saturated heterocycles. The molecule has 10 heteroatoms. The van der Waals surface area contributed by atoms with Crippen molar-refractivity contribution >= 4 is 16.9 Å². The quantitative estimate of drug-likeness (QED) is 0.397. The average Bonchev–Trinajstić information content (AvgIpc) is 3.23. The topological polar surface area (TPSA) is 126 Å². The first-order chi connectivity index (χ1) is 16.0.